The summed E-state index contributed by atoms with van der Waals surface area (Å²) in [7, 11) is 0. The van der Waals surface area contributed by atoms with Crippen LogP contribution < -0.4 is 5.56 Å². The maximum atomic E-state index is 13.5. The van der Waals surface area contributed by atoms with Crippen LogP contribution in [0.3, 0.4) is 0 Å². The maximum absolute atomic E-state index is 13.5. The first-order valence-corrected chi connectivity index (χ1v) is 9.23. The summed E-state index contributed by atoms with van der Waals surface area (Å²) in [5.74, 6) is 0.0421. The van der Waals surface area contributed by atoms with Gasteiger partial charge in [0.15, 0.2) is 0 Å². The van der Waals surface area contributed by atoms with E-state index in [1.54, 1.807) is 22.9 Å². The Hall–Kier alpha value is -3.87. The number of pyridine rings is 1. The third-order valence-electron chi connectivity index (χ3n) is 4.94. The van der Waals surface area contributed by atoms with Gasteiger partial charge in [0.25, 0.3) is 11.3 Å². The number of rotatable bonds is 4. The van der Waals surface area contributed by atoms with E-state index in [1.807, 2.05) is 36.4 Å². The van der Waals surface area contributed by atoms with Crippen LogP contribution in [0.15, 0.2) is 78.0 Å². The second kappa shape index (κ2) is 6.94. The lowest BCUT2D eigenvalue weighted by molar-refractivity contribution is 0.628. The monoisotopic (exact) mass is 385 g/mol. The number of nitrogens with zero attached hydrogens (tertiary/aromatic N) is 5. The van der Waals surface area contributed by atoms with E-state index >= 15 is 0 Å². The summed E-state index contributed by atoms with van der Waals surface area (Å²) in [6.45, 7) is 0.539. The molecule has 0 aliphatic carbocycles. The predicted molar refractivity (Wildman–Crippen MR) is 108 cm³/mol. The van der Waals surface area contributed by atoms with Crippen LogP contribution in [0.2, 0.25) is 0 Å². The molecule has 3 heterocycles. The number of hydrogen-bond donors (Lipinski definition) is 0. The van der Waals surface area contributed by atoms with E-state index in [0.29, 0.717) is 34.5 Å². The van der Waals surface area contributed by atoms with Crippen molar-refractivity contribution in [3.8, 4) is 11.3 Å². The van der Waals surface area contributed by atoms with Gasteiger partial charge in [-0.15, -0.1) is 0 Å². The van der Waals surface area contributed by atoms with Crippen LogP contribution in [-0.2, 0) is 13.0 Å². The molecule has 5 aromatic rings. The first-order chi connectivity index (χ1) is 14.2. The van der Waals surface area contributed by atoms with Gasteiger partial charge in [0.05, 0.1) is 16.6 Å². The fourth-order valence-corrected chi connectivity index (χ4v) is 3.51. The Kier molecular flexibility index (Phi) is 4.13. The Labute approximate surface area is 164 Å². The number of fused-ring (bicyclic) bond motifs is 2. The summed E-state index contributed by atoms with van der Waals surface area (Å²) >= 11 is 0. The molecule has 0 saturated carbocycles. The molecule has 0 amide bonds. The number of aryl methyl sites for hydroxylation is 2. The van der Waals surface area contributed by atoms with Crippen LogP contribution >= 0.6 is 0 Å². The van der Waals surface area contributed by atoms with Crippen molar-refractivity contribution in [1.82, 2.24) is 24.1 Å². The van der Waals surface area contributed by atoms with E-state index in [2.05, 4.69) is 15.1 Å². The van der Waals surface area contributed by atoms with Gasteiger partial charge in [-0.25, -0.2) is 9.37 Å². The zero-order chi connectivity index (χ0) is 19.8. The Morgan fingerprint density at radius 1 is 0.966 bits per heavy atom. The molecule has 0 radical (unpaired) electrons. The molecule has 2 aromatic carbocycles. The minimum Gasteiger partial charge on any atom is -0.314 e. The van der Waals surface area contributed by atoms with Crippen molar-refractivity contribution in [2.75, 3.05) is 0 Å². The summed E-state index contributed by atoms with van der Waals surface area (Å²) < 4.78 is 16.7. The summed E-state index contributed by atoms with van der Waals surface area (Å²) in [6, 6.07) is 17.8. The smallest absolute Gasteiger partial charge is 0.262 e. The van der Waals surface area contributed by atoms with Crippen molar-refractivity contribution < 1.29 is 4.39 Å². The Morgan fingerprint density at radius 2 is 1.76 bits per heavy atom. The lowest BCUT2D eigenvalue weighted by Crippen LogP contribution is -2.22. The molecule has 142 valence electrons. The molecule has 29 heavy (non-hydrogen) atoms. The van der Waals surface area contributed by atoms with Crippen molar-refractivity contribution in [2.45, 2.75) is 13.0 Å². The van der Waals surface area contributed by atoms with E-state index in [-0.39, 0.29) is 11.4 Å². The minimum atomic E-state index is -0.345. The van der Waals surface area contributed by atoms with Gasteiger partial charge >= 0.3 is 0 Å². The Balaban J connectivity index is 1.70. The first-order valence-electron chi connectivity index (χ1n) is 9.23. The van der Waals surface area contributed by atoms with Crippen LogP contribution in [0, 0.1) is 5.82 Å². The number of hydrogen-bond acceptors (Lipinski definition) is 4. The summed E-state index contributed by atoms with van der Waals surface area (Å²) in [5.41, 5.74) is 2.75. The summed E-state index contributed by atoms with van der Waals surface area (Å²) in [4.78, 5) is 22.0. The van der Waals surface area contributed by atoms with Gasteiger partial charge < -0.3 is 4.57 Å². The fourth-order valence-electron chi connectivity index (χ4n) is 3.51. The molecule has 0 bridgehead atoms. The van der Waals surface area contributed by atoms with Gasteiger partial charge in [-0.2, -0.15) is 14.6 Å². The molecule has 0 atom stereocenters. The summed E-state index contributed by atoms with van der Waals surface area (Å²) in [6.07, 6.45) is 3.88. The molecule has 5 rings (SSSR count). The van der Waals surface area contributed by atoms with E-state index in [9.17, 15) is 9.18 Å². The van der Waals surface area contributed by atoms with E-state index in [0.717, 1.165) is 12.0 Å². The maximum Gasteiger partial charge on any atom is 0.262 e. The van der Waals surface area contributed by atoms with Gasteiger partial charge in [-0.3, -0.25) is 4.79 Å². The quantitative estimate of drug-likeness (QED) is 0.475. The second-order valence-electron chi connectivity index (χ2n) is 6.75. The molecule has 0 saturated heterocycles. The lowest BCUT2D eigenvalue weighted by Gasteiger charge is -2.11. The van der Waals surface area contributed by atoms with Crippen molar-refractivity contribution in [3.63, 3.8) is 0 Å². The molecule has 0 aliphatic heterocycles. The van der Waals surface area contributed by atoms with Crippen LogP contribution in [0.5, 0.6) is 0 Å². The van der Waals surface area contributed by atoms with Crippen LogP contribution in [0.4, 0.5) is 4.39 Å². The highest BCUT2D eigenvalue weighted by Gasteiger charge is 2.17. The van der Waals surface area contributed by atoms with Gasteiger partial charge in [-0.1, -0.05) is 30.3 Å². The molecule has 0 N–H and O–H groups in total. The molecule has 7 heteroatoms. The molecule has 0 aliphatic rings. The van der Waals surface area contributed by atoms with Crippen molar-refractivity contribution >= 4 is 16.7 Å². The van der Waals surface area contributed by atoms with Gasteiger partial charge in [0, 0.05) is 18.3 Å². The SMILES string of the molecule is O=c1c2c(-c3ccc(F)cc3)n3ncnc3nc2ccn1CCc1ccccc1. The molecule has 0 unspecified atom stereocenters. The number of halogens is 1. The average molecular weight is 385 g/mol. The zero-order valence-corrected chi connectivity index (χ0v) is 15.4. The highest BCUT2D eigenvalue weighted by molar-refractivity contribution is 5.93. The van der Waals surface area contributed by atoms with Crippen molar-refractivity contribution in [1.29, 1.82) is 0 Å². The third-order valence-corrected chi connectivity index (χ3v) is 4.94. The predicted octanol–water partition coefficient (Wildman–Crippen LogP) is 3.49. The molecular formula is C22H16FN5O. The van der Waals surface area contributed by atoms with Gasteiger partial charge in [-0.05, 0) is 42.3 Å². The third kappa shape index (κ3) is 3.06. The highest BCUT2D eigenvalue weighted by atomic mass is 19.1. The number of benzene rings is 2. The number of aromatic nitrogens is 5. The molecule has 6 nitrogen and oxygen atoms in total. The lowest BCUT2D eigenvalue weighted by atomic mass is 10.1. The van der Waals surface area contributed by atoms with Crippen molar-refractivity contribution in [3.05, 3.63) is 94.9 Å². The second-order valence-corrected chi connectivity index (χ2v) is 6.75. The molecular weight excluding hydrogens is 369 g/mol. The van der Waals surface area contributed by atoms with E-state index < -0.39 is 0 Å². The van der Waals surface area contributed by atoms with Crippen LogP contribution in [0.25, 0.3) is 27.9 Å². The standard InChI is InChI=1S/C22H16FN5O/c23-17-8-6-16(7-9-17)20-19-18(26-22-24-14-25-28(20)22)11-13-27(21(19)29)12-10-15-4-2-1-3-5-15/h1-9,11,13-14H,10,12H2. The van der Waals surface area contributed by atoms with Crippen LogP contribution in [-0.4, -0.2) is 24.1 Å². The first kappa shape index (κ1) is 17.2. The van der Waals surface area contributed by atoms with Gasteiger partial charge in [0.2, 0.25) is 0 Å². The zero-order valence-electron chi connectivity index (χ0n) is 15.4. The van der Waals surface area contributed by atoms with E-state index in [1.165, 1.54) is 23.0 Å². The fraction of sp³-hybridized carbons (Fsp3) is 0.0909. The Bertz CT molecular complexity index is 1370. The minimum absolute atomic E-state index is 0.164. The average Bonchev–Trinajstić information content (AvgIpc) is 3.21. The molecule has 3 aromatic heterocycles. The normalized spacial score (nSPS) is 11.3. The highest BCUT2D eigenvalue weighted by Crippen LogP contribution is 2.26. The van der Waals surface area contributed by atoms with Gasteiger partial charge in [0.1, 0.15) is 12.1 Å². The van der Waals surface area contributed by atoms with Crippen LogP contribution in [0.1, 0.15) is 5.56 Å². The molecule has 0 spiro atoms. The summed E-state index contributed by atoms with van der Waals surface area (Å²) in [5, 5.41) is 4.67. The van der Waals surface area contributed by atoms with Crippen molar-refractivity contribution in [2.24, 2.45) is 0 Å². The van der Waals surface area contributed by atoms with E-state index in [4.69, 9.17) is 0 Å². The topological polar surface area (TPSA) is 65.1 Å². The molecule has 0 fully saturated rings. The Morgan fingerprint density at radius 3 is 2.55 bits per heavy atom. The largest absolute Gasteiger partial charge is 0.314 e.